The van der Waals surface area contributed by atoms with Crippen molar-refractivity contribution in [2.24, 2.45) is 5.73 Å². The van der Waals surface area contributed by atoms with Gasteiger partial charge in [-0.2, -0.15) is 0 Å². The van der Waals surface area contributed by atoms with Crippen LogP contribution in [-0.4, -0.2) is 18.6 Å². The van der Waals surface area contributed by atoms with Gasteiger partial charge in [-0.25, -0.2) is 0 Å². The molecule has 0 saturated carbocycles. The standard InChI is InChI=1S/C15H28N2S/c1-12-7-10-18-13(12)14(2,3)11-17-9-6-8-15(4,5)16/h7,10,17H,6,8-9,11,16H2,1-5H3. The Balaban J connectivity index is 2.33. The van der Waals surface area contributed by atoms with E-state index in [4.69, 9.17) is 5.73 Å². The van der Waals surface area contributed by atoms with Crippen LogP contribution in [0.2, 0.25) is 0 Å². The van der Waals surface area contributed by atoms with Gasteiger partial charge in [0.2, 0.25) is 0 Å². The molecule has 1 heterocycles. The zero-order valence-corrected chi connectivity index (χ0v) is 13.3. The monoisotopic (exact) mass is 268 g/mol. The summed E-state index contributed by atoms with van der Waals surface area (Å²) in [4.78, 5) is 1.49. The Hall–Kier alpha value is -0.380. The van der Waals surface area contributed by atoms with Gasteiger partial charge < -0.3 is 11.1 Å². The first kappa shape index (κ1) is 15.7. The number of rotatable bonds is 7. The summed E-state index contributed by atoms with van der Waals surface area (Å²) in [7, 11) is 0. The molecular formula is C15H28N2S. The summed E-state index contributed by atoms with van der Waals surface area (Å²) in [6.45, 7) is 13.1. The van der Waals surface area contributed by atoms with Gasteiger partial charge >= 0.3 is 0 Å². The van der Waals surface area contributed by atoms with Crippen LogP contribution in [0.5, 0.6) is 0 Å². The van der Waals surface area contributed by atoms with Crippen LogP contribution in [0.25, 0.3) is 0 Å². The van der Waals surface area contributed by atoms with Gasteiger partial charge in [0.25, 0.3) is 0 Å². The zero-order valence-electron chi connectivity index (χ0n) is 12.5. The Morgan fingerprint density at radius 3 is 2.44 bits per heavy atom. The molecule has 1 aromatic rings. The highest BCUT2D eigenvalue weighted by atomic mass is 32.1. The first-order valence-electron chi connectivity index (χ1n) is 6.76. The normalized spacial score (nSPS) is 13.0. The maximum absolute atomic E-state index is 5.97. The van der Waals surface area contributed by atoms with E-state index in [1.54, 1.807) is 0 Å². The predicted molar refractivity (Wildman–Crippen MR) is 82.5 cm³/mol. The summed E-state index contributed by atoms with van der Waals surface area (Å²) in [5.74, 6) is 0. The van der Waals surface area contributed by atoms with Crippen molar-refractivity contribution in [1.82, 2.24) is 5.32 Å². The maximum atomic E-state index is 5.97. The van der Waals surface area contributed by atoms with Crippen molar-refractivity contribution in [2.45, 2.75) is 58.4 Å². The summed E-state index contributed by atoms with van der Waals surface area (Å²) in [5.41, 5.74) is 7.56. The van der Waals surface area contributed by atoms with Crippen LogP contribution in [0, 0.1) is 6.92 Å². The van der Waals surface area contributed by atoms with Crippen LogP contribution in [0.4, 0.5) is 0 Å². The largest absolute Gasteiger partial charge is 0.326 e. The van der Waals surface area contributed by atoms with Gasteiger partial charge in [-0.1, -0.05) is 13.8 Å². The molecule has 3 heteroatoms. The summed E-state index contributed by atoms with van der Waals surface area (Å²) in [6.07, 6.45) is 2.21. The molecule has 0 aliphatic rings. The number of hydrogen-bond donors (Lipinski definition) is 2. The van der Waals surface area contributed by atoms with Crippen molar-refractivity contribution in [3.63, 3.8) is 0 Å². The van der Waals surface area contributed by atoms with E-state index < -0.39 is 0 Å². The highest BCUT2D eigenvalue weighted by molar-refractivity contribution is 7.10. The van der Waals surface area contributed by atoms with Crippen molar-refractivity contribution < 1.29 is 0 Å². The molecule has 0 bridgehead atoms. The Morgan fingerprint density at radius 2 is 1.94 bits per heavy atom. The van der Waals surface area contributed by atoms with Crippen LogP contribution in [-0.2, 0) is 5.41 Å². The van der Waals surface area contributed by atoms with E-state index in [1.807, 2.05) is 11.3 Å². The Morgan fingerprint density at radius 1 is 1.28 bits per heavy atom. The van der Waals surface area contributed by atoms with Gasteiger partial charge in [-0.05, 0) is 57.2 Å². The quantitative estimate of drug-likeness (QED) is 0.743. The van der Waals surface area contributed by atoms with Crippen molar-refractivity contribution >= 4 is 11.3 Å². The number of thiophene rings is 1. The Labute approximate surface area is 116 Å². The summed E-state index contributed by atoms with van der Waals surface area (Å²) in [5, 5.41) is 5.75. The molecule has 0 amide bonds. The topological polar surface area (TPSA) is 38.0 Å². The van der Waals surface area contributed by atoms with Gasteiger partial charge in [-0.15, -0.1) is 11.3 Å². The van der Waals surface area contributed by atoms with Crippen molar-refractivity contribution in [3.05, 3.63) is 21.9 Å². The minimum absolute atomic E-state index is 0.0401. The number of hydrogen-bond acceptors (Lipinski definition) is 3. The average molecular weight is 268 g/mol. The van der Waals surface area contributed by atoms with Crippen LogP contribution in [0.3, 0.4) is 0 Å². The van der Waals surface area contributed by atoms with Gasteiger partial charge in [0, 0.05) is 22.4 Å². The third kappa shape index (κ3) is 5.09. The van der Waals surface area contributed by atoms with E-state index in [0.717, 1.165) is 25.9 Å². The molecule has 104 valence electrons. The van der Waals surface area contributed by atoms with Crippen molar-refractivity contribution in [3.8, 4) is 0 Å². The van der Waals surface area contributed by atoms with E-state index in [-0.39, 0.29) is 11.0 Å². The molecule has 0 radical (unpaired) electrons. The number of nitrogens with one attached hydrogen (secondary N) is 1. The van der Waals surface area contributed by atoms with Gasteiger partial charge in [-0.3, -0.25) is 0 Å². The molecule has 0 saturated heterocycles. The van der Waals surface area contributed by atoms with Gasteiger partial charge in [0.1, 0.15) is 0 Å². The predicted octanol–water partition coefficient (Wildman–Crippen LogP) is 3.44. The second-order valence-electron chi connectivity index (χ2n) is 6.59. The SMILES string of the molecule is Cc1ccsc1C(C)(C)CNCCCC(C)(C)N. The van der Waals surface area contributed by atoms with Crippen molar-refractivity contribution in [2.75, 3.05) is 13.1 Å². The summed E-state index contributed by atoms with van der Waals surface area (Å²) < 4.78 is 0. The average Bonchev–Trinajstić information content (AvgIpc) is 2.62. The highest BCUT2D eigenvalue weighted by Gasteiger charge is 2.23. The lowest BCUT2D eigenvalue weighted by atomic mass is 9.89. The lowest BCUT2D eigenvalue weighted by Crippen LogP contribution is -2.35. The highest BCUT2D eigenvalue weighted by Crippen LogP contribution is 2.30. The summed E-state index contributed by atoms with van der Waals surface area (Å²) in [6, 6.07) is 2.21. The van der Waals surface area contributed by atoms with Gasteiger partial charge in [0.05, 0.1) is 0 Å². The molecule has 0 aliphatic heterocycles. The molecule has 1 aromatic heterocycles. The van der Waals surface area contributed by atoms with Crippen LogP contribution < -0.4 is 11.1 Å². The lowest BCUT2D eigenvalue weighted by molar-refractivity contribution is 0.426. The molecule has 1 rings (SSSR count). The fourth-order valence-corrected chi connectivity index (χ4v) is 3.27. The molecule has 0 aromatic carbocycles. The Kier molecular flexibility index (Phi) is 5.38. The van der Waals surface area contributed by atoms with E-state index in [2.05, 4.69) is 51.4 Å². The zero-order chi connectivity index (χ0) is 13.8. The molecule has 0 aliphatic carbocycles. The van der Waals surface area contributed by atoms with E-state index in [0.29, 0.717) is 0 Å². The first-order valence-corrected chi connectivity index (χ1v) is 7.64. The Bertz CT molecular complexity index is 361. The van der Waals surface area contributed by atoms with E-state index >= 15 is 0 Å². The third-order valence-electron chi connectivity index (χ3n) is 3.22. The second-order valence-corrected chi connectivity index (χ2v) is 7.50. The van der Waals surface area contributed by atoms with Crippen LogP contribution >= 0.6 is 11.3 Å². The second kappa shape index (κ2) is 6.18. The molecule has 0 atom stereocenters. The van der Waals surface area contributed by atoms with Crippen molar-refractivity contribution in [1.29, 1.82) is 0 Å². The minimum atomic E-state index is -0.0401. The lowest BCUT2D eigenvalue weighted by Gasteiger charge is -2.25. The maximum Gasteiger partial charge on any atom is 0.0143 e. The molecule has 0 spiro atoms. The van der Waals surface area contributed by atoms with E-state index in [9.17, 15) is 0 Å². The molecule has 0 unspecified atom stereocenters. The summed E-state index contributed by atoms with van der Waals surface area (Å²) >= 11 is 1.86. The van der Waals surface area contributed by atoms with E-state index in [1.165, 1.54) is 10.4 Å². The molecule has 18 heavy (non-hydrogen) atoms. The smallest absolute Gasteiger partial charge is 0.0143 e. The fourth-order valence-electron chi connectivity index (χ4n) is 2.22. The van der Waals surface area contributed by atoms with Crippen LogP contribution in [0.15, 0.2) is 11.4 Å². The first-order chi connectivity index (χ1) is 8.22. The van der Waals surface area contributed by atoms with Gasteiger partial charge in [0.15, 0.2) is 0 Å². The molecular weight excluding hydrogens is 240 g/mol. The fraction of sp³-hybridized carbons (Fsp3) is 0.733. The number of nitrogens with two attached hydrogens (primary N) is 1. The molecule has 2 nitrogen and oxygen atoms in total. The third-order valence-corrected chi connectivity index (χ3v) is 4.60. The minimum Gasteiger partial charge on any atom is -0.326 e. The number of aryl methyl sites for hydroxylation is 1. The van der Waals surface area contributed by atoms with Crippen LogP contribution in [0.1, 0.15) is 51.0 Å². The molecule has 3 N–H and O–H groups in total. The molecule has 0 fully saturated rings.